The Labute approximate surface area is 87.1 Å². The summed E-state index contributed by atoms with van der Waals surface area (Å²) in [4.78, 5) is 2.19. The first kappa shape index (κ1) is 11.0. The molecule has 14 heavy (non-hydrogen) atoms. The summed E-state index contributed by atoms with van der Waals surface area (Å²) in [7, 11) is 4.19. The Kier molecular flexibility index (Phi) is 3.90. The Morgan fingerprint density at radius 2 is 2.00 bits per heavy atom. The van der Waals surface area contributed by atoms with Gasteiger partial charge in [-0.15, -0.1) is 6.58 Å². The third-order valence-electron chi connectivity index (χ3n) is 2.39. The molecule has 0 N–H and O–H groups in total. The summed E-state index contributed by atoms with van der Waals surface area (Å²) in [5.74, 6) is 0.436. The summed E-state index contributed by atoms with van der Waals surface area (Å²) in [6.45, 7) is 7.02. The van der Waals surface area contributed by atoms with Crippen molar-refractivity contribution in [3.05, 3.63) is 48.0 Å². The van der Waals surface area contributed by atoms with E-state index in [0.29, 0.717) is 5.92 Å². The minimum Gasteiger partial charge on any atom is -0.305 e. The Balaban J connectivity index is 2.96. The molecule has 0 saturated heterocycles. The summed E-state index contributed by atoms with van der Waals surface area (Å²) in [5, 5.41) is 0. The van der Waals surface area contributed by atoms with Gasteiger partial charge < -0.3 is 4.90 Å². The molecule has 0 spiro atoms. The smallest absolute Gasteiger partial charge is 0.0230 e. The van der Waals surface area contributed by atoms with Crippen LogP contribution in [0.5, 0.6) is 0 Å². The lowest BCUT2D eigenvalue weighted by atomic mass is 9.96. The van der Waals surface area contributed by atoms with Crippen molar-refractivity contribution < 1.29 is 0 Å². The molecule has 0 aliphatic heterocycles. The lowest BCUT2D eigenvalue weighted by Crippen LogP contribution is -2.12. The fourth-order valence-electron chi connectivity index (χ4n) is 1.59. The van der Waals surface area contributed by atoms with Crippen LogP contribution in [0.4, 0.5) is 0 Å². The van der Waals surface area contributed by atoms with E-state index in [1.807, 2.05) is 6.08 Å². The number of allylic oxidation sites excluding steroid dienone is 1. The summed E-state index contributed by atoms with van der Waals surface area (Å²) in [6, 6.07) is 8.56. The van der Waals surface area contributed by atoms with Gasteiger partial charge in [-0.25, -0.2) is 0 Å². The van der Waals surface area contributed by atoms with Gasteiger partial charge >= 0.3 is 0 Å². The normalized spacial score (nSPS) is 12.9. The van der Waals surface area contributed by atoms with Gasteiger partial charge in [0.15, 0.2) is 0 Å². The Hall–Kier alpha value is -1.08. The topological polar surface area (TPSA) is 3.24 Å². The van der Waals surface area contributed by atoms with Crippen LogP contribution in [0.15, 0.2) is 36.9 Å². The minimum absolute atomic E-state index is 0.436. The van der Waals surface area contributed by atoms with Crippen molar-refractivity contribution in [3.8, 4) is 0 Å². The monoisotopic (exact) mass is 189 g/mol. The Morgan fingerprint density at radius 1 is 1.36 bits per heavy atom. The zero-order chi connectivity index (χ0) is 10.6. The summed E-state index contributed by atoms with van der Waals surface area (Å²) < 4.78 is 0. The Bertz CT molecular complexity index is 302. The number of hydrogen-bond acceptors (Lipinski definition) is 1. The summed E-state index contributed by atoms with van der Waals surface area (Å²) in [5.41, 5.74) is 2.78. The molecule has 1 aromatic rings. The predicted molar refractivity (Wildman–Crippen MR) is 62.4 cm³/mol. The van der Waals surface area contributed by atoms with Gasteiger partial charge in [-0.2, -0.15) is 0 Å². The van der Waals surface area contributed by atoms with Gasteiger partial charge in [-0.05, 0) is 31.1 Å². The van der Waals surface area contributed by atoms with E-state index >= 15 is 0 Å². The van der Waals surface area contributed by atoms with Crippen LogP contribution in [-0.4, -0.2) is 19.0 Å². The quantitative estimate of drug-likeness (QED) is 0.658. The third kappa shape index (κ3) is 2.71. The maximum Gasteiger partial charge on any atom is 0.0230 e. The second kappa shape index (κ2) is 4.97. The van der Waals surface area contributed by atoms with E-state index in [1.165, 1.54) is 11.1 Å². The van der Waals surface area contributed by atoms with Crippen LogP contribution >= 0.6 is 0 Å². The molecule has 1 heteroatoms. The van der Waals surface area contributed by atoms with Gasteiger partial charge in [0.1, 0.15) is 0 Å². The molecule has 1 aromatic carbocycles. The highest BCUT2D eigenvalue weighted by Crippen LogP contribution is 2.21. The highest BCUT2D eigenvalue weighted by molar-refractivity contribution is 5.32. The van der Waals surface area contributed by atoms with Gasteiger partial charge in [0.05, 0.1) is 0 Å². The molecule has 1 nitrogen and oxygen atoms in total. The van der Waals surface area contributed by atoms with Gasteiger partial charge in [-0.3, -0.25) is 0 Å². The van der Waals surface area contributed by atoms with Crippen molar-refractivity contribution >= 4 is 0 Å². The molecule has 76 valence electrons. The number of hydrogen-bond donors (Lipinski definition) is 0. The largest absolute Gasteiger partial charge is 0.305 e. The molecular weight excluding hydrogens is 170 g/mol. The molecule has 1 atom stereocenters. The van der Waals surface area contributed by atoms with Crippen molar-refractivity contribution in [2.45, 2.75) is 19.4 Å². The van der Waals surface area contributed by atoms with Gasteiger partial charge in [0, 0.05) is 6.54 Å². The van der Waals surface area contributed by atoms with E-state index in [2.05, 4.69) is 56.8 Å². The van der Waals surface area contributed by atoms with Gasteiger partial charge in [0.2, 0.25) is 0 Å². The highest BCUT2D eigenvalue weighted by atomic mass is 15.0. The van der Waals surface area contributed by atoms with E-state index in [9.17, 15) is 0 Å². The van der Waals surface area contributed by atoms with Crippen LogP contribution < -0.4 is 0 Å². The molecular formula is C13H19N. The highest BCUT2D eigenvalue weighted by Gasteiger charge is 2.06. The second-order valence-corrected chi connectivity index (χ2v) is 3.96. The first-order valence-electron chi connectivity index (χ1n) is 5.00. The first-order valence-corrected chi connectivity index (χ1v) is 5.00. The van der Waals surface area contributed by atoms with E-state index < -0.39 is 0 Å². The predicted octanol–water partition coefficient (Wildman–Crippen LogP) is 3.04. The zero-order valence-corrected chi connectivity index (χ0v) is 9.33. The van der Waals surface area contributed by atoms with Crippen molar-refractivity contribution in [2.24, 2.45) is 0 Å². The van der Waals surface area contributed by atoms with Crippen molar-refractivity contribution in [2.75, 3.05) is 14.1 Å². The van der Waals surface area contributed by atoms with Gasteiger partial charge in [0.25, 0.3) is 0 Å². The molecule has 0 aliphatic carbocycles. The van der Waals surface area contributed by atoms with E-state index in [0.717, 1.165) is 6.54 Å². The van der Waals surface area contributed by atoms with Gasteiger partial charge in [-0.1, -0.05) is 37.3 Å². The SMILES string of the molecule is C=CC(C)c1ccccc1CN(C)C. The van der Waals surface area contributed by atoms with Crippen LogP contribution in [0.25, 0.3) is 0 Å². The lowest BCUT2D eigenvalue weighted by Gasteiger charge is -2.16. The lowest BCUT2D eigenvalue weighted by molar-refractivity contribution is 0.400. The number of rotatable bonds is 4. The molecule has 0 fully saturated rings. The molecule has 0 heterocycles. The zero-order valence-electron chi connectivity index (χ0n) is 9.33. The van der Waals surface area contributed by atoms with Crippen molar-refractivity contribution in [3.63, 3.8) is 0 Å². The molecule has 1 unspecified atom stereocenters. The fraction of sp³-hybridized carbons (Fsp3) is 0.385. The molecule has 0 bridgehead atoms. The molecule has 1 rings (SSSR count). The van der Waals surface area contributed by atoms with Crippen LogP contribution in [0.1, 0.15) is 24.0 Å². The second-order valence-electron chi connectivity index (χ2n) is 3.96. The van der Waals surface area contributed by atoms with Crippen molar-refractivity contribution in [1.29, 1.82) is 0 Å². The maximum atomic E-state index is 3.84. The first-order chi connectivity index (χ1) is 6.65. The fourth-order valence-corrected chi connectivity index (χ4v) is 1.59. The number of benzene rings is 1. The molecule has 0 radical (unpaired) electrons. The summed E-state index contributed by atoms with van der Waals surface area (Å²) >= 11 is 0. The standard InChI is InChI=1S/C13H19N/c1-5-11(2)13-9-7-6-8-12(13)10-14(3)4/h5-9,11H,1,10H2,2-4H3. The van der Waals surface area contributed by atoms with Crippen LogP contribution in [0.2, 0.25) is 0 Å². The van der Waals surface area contributed by atoms with Crippen LogP contribution in [-0.2, 0) is 6.54 Å². The van der Waals surface area contributed by atoms with E-state index in [-0.39, 0.29) is 0 Å². The average Bonchev–Trinajstić information content (AvgIpc) is 2.16. The molecule has 0 amide bonds. The Morgan fingerprint density at radius 3 is 2.57 bits per heavy atom. The summed E-state index contributed by atoms with van der Waals surface area (Å²) in [6.07, 6.45) is 1.99. The molecule has 0 saturated carbocycles. The van der Waals surface area contributed by atoms with Crippen LogP contribution in [0.3, 0.4) is 0 Å². The van der Waals surface area contributed by atoms with E-state index in [4.69, 9.17) is 0 Å². The van der Waals surface area contributed by atoms with E-state index in [1.54, 1.807) is 0 Å². The average molecular weight is 189 g/mol. The molecule has 0 aliphatic rings. The van der Waals surface area contributed by atoms with Crippen LogP contribution in [0, 0.1) is 0 Å². The third-order valence-corrected chi connectivity index (χ3v) is 2.39. The molecule has 0 aromatic heterocycles. The minimum atomic E-state index is 0.436. The number of nitrogens with zero attached hydrogens (tertiary/aromatic N) is 1. The van der Waals surface area contributed by atoms with Crippen molar-refractivity contribution in [1.82, 2.24) is 4.90 Å². The maximum absolute atomic E-state index is 3.84.